The van der Waals surface area contributed by atoms with Gasteiger partial charge in [0, 0.05) is 11.6 Å². The highest BCUT2D eigenvalue weighted by atomic mass is 16.5. The van der Waals surface area contributed by atoms with Crippen molar-refractivity contribution in [3.8, 4) is 0 Å². The van der Waals surface area contributed by atoms with Gasteiger partial charge in [0.05, 0.1) is 12.8 Å². The highest BCUT2D eigenvalue weighted by Crippen LogP contribution is 2.55. The lowest BCUT2D eigenvalue weighted by atomic mass is 10.0. The first-order valence-electron chi connectivity index (χ1n) is 7.20. The van der Waals surface area contributed by atoms with Gasteiger partial charge in [-0.15, -0.1) is 0 Å². The van der Waals surface area contributed by atoms with Gasteiger partial charge in [-0.05, 0) is 37.7 Å². The molecule has 2 saturated carbocycles. The van der Waals surface area contributed by atoms with Crippen LogP contribution in [0.4, 0.5) is 5.69 Å². The summed E-state index contributed by atoms with van der Waals surface area (Å²) in [6, 6.07) is 1.77. The number of amides is 1. The zero-order valence-corrected chi connectivity index (χ0v) is 11.9. The predicted molar refractivity (Wildman–Crippen MR) is 74.4 cm³/mol. The molecule has 0 saturated heterocycles. The summed E-state index contributed by atoms with van der Waals surface area (Å²) in [5, 5.41) is 2.89. The van der Waals surface area contributed by atoms with E-state index in [-0.39, 0.29) is 11.8 Å². The van der Waals surface area contributed by atoms with Crippen LogP contribution in [-0.4, -0.2) is 24.0 Å². The molecule has 2 aliphatic rings. The Labute approximate surface area is 118 Å². The lowest BCUT2D eigenvalue weighted by Gasteiger charge is -2.05. The second-order valence-corrected chi connectivity index (χ2v) is 5.86. The molecule has 0 aromatic carbocycles. The maximum Gasteiger partial charge on any atom is 0.356 e. The van der Waals surface area contributed by atoms with Crippen LogP contribution in [0.3, 0.4) is 0 Å². The van der Waals surface area contributed by atoms with E-state index < -0.39 is 5.97 Å². The molecule has 20 heavy (non-hydrogen) atoms. The Morgan fingerprint density at radius 1 is 1.30 bits per heavy atom. The third-order valence-corrected chi connectivity index (χ3v) is 4.56. The summed E-state index contributed by atoms with van der Waals surface area (Å²) in [6.07, 6.45) is 4.81. The van der Waals surface area contributed by atoms with Gasteiger partial charge in [-0.25, -0.2) is 4.79 Å². The Balaban J connectivity index is 1.72. The molecule has 0 bridgehead atoms. The molecule has 1 aromatic rings. The van der Waals surface area contributed by atoms with Crippen LogP contribution in [0.15, 0.2) is 6.07 Å². The van der Waals surface area contributed by atoms with Crippen LogP contribution in [0.5, 0.6) is 0 Å². The van der Waals surface area contributed by atoms with Crippen LogP contribution in [0.25, 0.3) is 0 Å². The maximum absolute atomic E-state index is 12.3. The molecule has 0 unspecified atom stereocenters. The molecule has 1 heterocycles. The van der Waals surface area contributed by atoms with E-state index in [1.54, 1.807) is 6.07 Å². The number of carbonyl (C=O) groups excluding carboxylic acids is 2. The highest BCUT2D eigenvalue weighted by Gasteiger charge is 2.54. The van der Waals surface area contributed by atoms with E-state index in [1.807, 2.05) is 6.92 Å². The fourth-order valence-corrected chi connectivity index (χ4v) is 3.55. The largest absolute Gasteiger partial charge is 0.464 e. The smallest absolute Gasteiger partial charge is 0.356 e. The van der Waals surface area contributed by atoms with Crippen molar-refractivity contribution < 1.29 is 14.3 Å². The first-order valence-corrected chi connectivity index (χ1v) is 7.20. The molecule has 2 fully saturated rings. The Morgan fingerprint density at radius 3 is 2.55 bits per heavy atom. The second kappa shape index (κ2) is 4.96. The van der Waals surface area contributed by atoms with Gasteiger partial charge in [0.2, 0.25) is 5.91 Å². The van der Waals surface area contributed by atoms with Crippen LogP contribution in [0.2, 0.25) is 0 Å². The standard InChI is InChI=1S/C15H20N2O3/c1-8-7-11(13(16-8)15(19)20-2)17-14(18)12-9-5-3-4-6-10(9)12/h7,9-10,12,16H,3-6H2,1-2H3,(H,17,18)/t9-,10-/m1/s1. The number of nitrogens with one attached hydrogen (secondary N) is 2. The SMILES string of the molecule is COC(=O)c1[nH]c(C)cc1NC(=O)C1[C@@H]2CCCC[C@@H]12. The highest BCUT2D eigenvalue weighted by molar-refractivity contribution is 6.02. The fourth-order valence-electron chi connectivity index (χ4n) is 3.55. The van der Waals surface area contributed by atoms with Crippen LogP contribution < -0.4 is 5.32 Å². The van der Waals surface area contributed by atoms with E-state index in [1.165, 1.54) is 32.8 Å². The zero-order valence-electron chi connectivity index (χ0n) is 11.9. The quantitative estimate of drug-likeness (QED) is 0.833. The lowest BCUT2D eigenvalue weighted by Crippen LogP contribution is -2.17. The van der Waals surface area contributed by atoms with Gasteiger partial charge in [0.15, 0.2) is 0 Å². The van der Waals surface area contributed by atoms with Crippen molar-refractivity contribution in [1.29, 1.82) is 0 Å². The summed E-state index contributed by atoms with van der Waals surface area (Å²) in [7, 11) is 1.33. The number of H-pyrrole nitrogens is 1. The first kappa shape index (κ1) is 13.2. The number of aryl methyl sites for hydroxylation is 1. The molecular weight excluding hydrogens is 256 g/mol. The van der Waals surface area contributed by atoms with Crippen molar-refractivity contribution >= 4 is 17.6 Å². The van der Waals surface area contributed by atoms with Crippen LogP contribution in [0.1, 0.15) is 41.9 Å². The molecule has 2 N–H and O–H groups in total. The van der Waals surface area contributed by atoms with Gasteiger partial charge in [-0.3, -0.25) is 4.79 Å². The normalized spacial score (nSPS) is 27.6. The summed E-state index contributed by atoms with van der Waals surface area (Å²) in [5.74, 6) is 0.849. The van der Waals surface area contributed by atoms with Crippen LogP contribution in [-0.2, 0) is 9.53 Å². The molecule has 0 spiro atoms. The van der Waals surface area contributed by atoms with E-state index in [4.69, 9.17) is 4.74 Å². The molecule has 5 nitrogen and oxygen atoms in total. The number of carbonyl (C=O) groups is 2. The topological polar surface area (TPSA) is 71.2 Å². The predicted octanol–water partition coefficient (Wildman–Crippen LogP) is 2.48. The number of ether oxygens (including phenoxy) is 1. The molecular formula is C15H20N2O3. The number of hydrogen-bond donors (Lipinski definition) is 2. The Bertz CT molecular complexity index is 537. The summed E-state index contributed by atoms with van der Waals surface area (Å²) in [6.45, 7) is 1.85. The minimum absolute atomic E-state index is 0.0473. The number of aromatic amines is 1. The van der Waals surface area contributed by atoms with Crippen LogP contribution >= 0.6 is 0 Å². The van der Waals surface area contributed by atoms with E-state index in [0.29, 0.717) is 23.2 Å². The number of hydrogen-bond acceptors (Lipinski definition) is 3. The van der Waals surface area contributed by atoms with Gasteiger partial charge in [-0.1, -0.05) is 12.8 Å². The molecule has 1 amide bonds. The van der Waals surface area contributed by atoms with Crippen LogP contribution in [0, 0.1) is 24.7 Å². The van der Waals surface area contributed by atoms with E-state index in [0.717, 1.165) is 5.69 Å². The van der Waals surface area contributed by atoms with Crippen molar-refractivity contribution in [3.63, 3.8) is 0 Å². The zero-order chi connectivity index (χ0) is 14.3. The molecule has 3 rings (SSSR count). The van der Waals surface area contributed by atoms with Gasteiger partial charge < -0.3 is 15.0 Å². The third-order valence-electron chi connectivity index (χ3n) is 4.56. The molecule has 2 aliphatic carbocycles. The Hall–Kier alpha value is -1.78. The number of methoxy groups -OCH3 is 1. The summed E-state index contributed by atoms with van der Waals surface area (Å²) >= 11 is 0. The van der Waals surface area contributed by atoms with Crippen molar-refractivity contribution in [2.45, 2.75) is 32.6 Å². The van der Waals surface area contributed by atoms with Gasteiger partial charge in [-0.2, -0.15) is 0 Å². The lowest BCUT2D eigenvalue weighted by molar-refractivity contribution is -0.117. The van der Waals surface area contributed by atoms with Crippen molar-refractivity contribution in [2.75, 3.05) is 12.4 Å². The maximum atomic E-state index is 12.3. The number of esters is 1. The number of anilines is 1. The third kappa shape index (κ3) is 2.21. The number of rotatable bonds is 3. The average Bonchev–Trinajstić information content (AvgIpc) is 3.07. The molecule has 0 radical (unpaired) electrons. The molecule has 1 aromatic heterocycles. The van der Waals surface area contributed by atoms with Crippen molar-refractivity contribution in [2.24, 2.45) is 17.8 Å². The summed E-state index contributed by atoms with van der Waals surface area (Å²) in [4.78, 5) is 26.9. The molecule has 2 atom stereocenters. The van der Waals surface area contributed by atoms with Gasteiger partial charge >= 0.3 is 5.97 Å². The van der Waals surface area contributed by atoms with E-state index in [2.05, 4.69) is 10.3 Å². The van der Waals surface area contributed by atoms with Gasteiger partial charge in [0.1, 0.15) is 5.69 Å². The average molecular weight is 276 g/mol. The number of aromatic nitrogens is 1. The summed E-state index contributed by atoms with van der Waals surface area (Å²) in [5.41, 5.74) is 1.68. The molecule has 108 valence electrons. The Kier molecular flexibility index (Phi) is 3.28. The monoisotopic (exact) mass is 276 g/mol. The first-order chi connectivity index (χ1) is 9.61. The van der Waals surface area contributed by atoms with E-state index in [9.17, 15) is 9.59 Å². The number of fused-ring (bicyclic) bond motifs is 1. The minimum Gasteiger partial charge on any atom is -0.464 e. The molecule has 0 aliphatic heterocycles. The Morgan fingerprint density at radius 2 is 1.95 bits per heavy atom. The van der Waals surface area contributed by atoms with Gasteiger partial charge in [0.25, 0.3) is 0 Å². The molecule has 5 heteroatoms. The second-order valence-electron chi connectivity index (χ2n) is 5.86. The summed E-state index contributed by atoms with van der Waals surface area (Å²) < 4.78 is 4.72. The fraction of sp³-hybridized carbons (Fsp3) is 0.600. The van der Waals surface area contributed by atoms with Crippen molar-refractivity contribution in [1.82, 2.24) is 4.98 Å². The van der Waals surface area contributed by atoms with E-state index >= 15 is 0 Å². The van der Waals surface area contributed by atoms with Crippen molar-refractivity contribution in [3.05, 3.63) is 17.5 Å². The minimum atomic E-state index is -0.457.